The van der Waals surface area contributed by atoms with E-state index < -0.39 is 0 Å². The largest absolute Gasteiger partial charge is 0.497 e. The second-order valence-corrected chi connectivity index (χ2v) is 6.35. The first-order chi connectivity index (χ1) is 10.8. The molecule has 2 nitrogen and oxygen atoms in total. The SMILES string of the molecule is COc1cccc(C(C)CNC[C@@H]2C[C@H]2c2ccccc2)c1. The van der Waals surface area contributed by atoms with Crippen LogP contribution in [0.2, 0.25) is 0 Å². The number of hydrogen-bond acceptors (Lipinski definition) is 2. The Kier molecular flexibility index (Phi) is 4.79. The third-order valence-corrected chi connectivity index (χ3v) is 4.67. The lowest BCUT2D eigenvalue weighted by molar-refractivity contribution is 0.413. The van der Waals surface area contributed by atoms with Gasteiger partial charge in [0.15, 0.2) is 0 Å². The molecule has 1 fully saturated rings. The highest BCUT2D eigenvalue weighted by atomic mass is 16.5. The summed E-state index contributed by atoms with van der Waals surface area (Å²) in [7, 11) is 1.72. The molecule has 1 aliphatic carbocycles. The fraction of sp³-hybridized carbons (Fsp3) is 0.400. The lowest BCUT2D eigenvalue weighted by atomic mass is 10.0. The number of ether oxygens (including phenoxy) is 1. The van der Waals surface area contributed by atoms with Gasteiger partial charge in [-0.25, -0.2) is 0 Å². The molecule has 0 aliphatic heterocycles. The highest BCUT2D eigenvalue weighted by molar-refractivity contribution is 5.30. The van der Waals surface area contributed by atoms with E-state index in [-0.39, 0.29) is 0 Å². The van der Waals surface area contributed by atoms with Crippen LogP contribution >= 0.6 is 0 Å². The lowest BCUT2D eigenvalue weighted by Crippen LogP contribution is -2.22. The molecule has 3 rings (SSSR count). The molecule has 0 saturated heterocycles. The van der Waals surface area contributed by atoms with Crippen molar-refractivity contribution in [3.63, 3.8) is 0 Å². The zero-order valence-corrected chi connectivity index (χ0v) is 13.5. The van der Waals surface area contributed by atoms with E-state index in [0.717, 1.165) is 30.7 Å². The van der Waals surface area contributed by atoms with Gasteiger partial charge in [-0.3, -0.25) is 0 Å². The quantitative estimate of drug-likeness (QED) is 0.827. The second-order valence-electron chi connectivity index (χ2n) is 6.35. The maximum Gasteiger partial charge on any atom is 0.119 e. The summed E-state index contributed by atoms with van der Waals surface area (Å²) in [6.45, 7) is 4.41. The van der Waals surface area contributed by atoms with Crippen LogP contribution in [0, 0.1) is 5.92 Å². The topological polar surface area (TPSA) is 21.3 Å². The normalized spacial score (nSPS) is 21.4. The van der Waals surface area contributed by atoms with Crippen molar-refractivity contribution >= 4 is 0 Å². The number of methoxy groups -OCH3 is 1. The Morgan fingerprint density at radius 3 is 2.73 bits per heavy atom. The highest BCUT2D eigenvalue weighted by Gasteiger charge is 2.37. The molecule has 2 aromatic rings. The zero-order valence-electron chi connectivity index (χ0n) is 13.5. The summed E-state index contributed by atoms with van der Waals surface area (Å²) < 4.78 is 5.30. The van der Waals surface area contributed by atoms with Gasteiger partial charge in [-0.05, 0) is 54.0 Å². The van der Waals surface area contributed by atoms with Crippen LogP contribution in [0.5, 0.6) is 5.75 Å². The number of benzene rings is 2. The Bertz CT molecular complexity index is 596. The molecule has 116 valence electrons. The van der Waals surface area contributed by atoms with Crippen LogP contribution in [0.15, 0.2) is 54.6 Å². The van der Waals surface area contributed by atoms with Crippen LogP contribution < -0.4 is 10.1 Å². The van der Waals surface area contributed by atoms with Gasteiger partial charge < -0.3 is 10.1 Å². The Morgan fingerprint density at radius 2 is 1.95 bits per heavy atom. The summed E-state index contributed by atoms with van der Waals surface area (Å²) in [5.74, 6) is 3.01. The molecular weight excluding hydrogens is 270 g/mol. The molecule has 1 unspecified atom stereocenters. The third kappa shape index (κ3) is 3.69. The van der Waals surface area contributed by atoms with Gasteiger partial charge in [-0.1, -0.05) is 49.4 Å². The maximum atomic E-state index is 5.30. The minimum Gasteiger partial charge on any atom is -0.497 e. The summed E-state index contributed by atoms with van der Waals surface area (Å²) in [5, 5.41) is 3.64. The van der Waals surface area contributed by atoms with Crippen LogP contribution in [0.4, 0.5) is 0 Å². The maximum absolute atomic E-state index is 5.30. The van der Waals surface area contributed by atoms with E-state index in [1.165, 1.54) is 17.5 Å². The summed E-state index contributed by atoms with van der Waals surface area (Å²) in [4.78, 5) is 0. The van der Waals surface area contributed by atoms with Crippen molar-refractivity contribution in [2.75, 3.05) is 20.2 Å². The Hall–Kier alpha value is -1.80. The Labute approximate surface area is 133 Å². The summed E-state index contributed by atoms with van der Waals surface area (Å²) in [6.07, 6.45) is 1.32. The van der Waals surface area contributed by atoms with Gasteiger partial charge >= 0.3 is 0 Å². The molecule has 22 heavy (non-hydrogen) atoms. The Morgan fingerprint density at radius 1 is 1.14 bits per heavy atom. The van der Waals surface area contributed by atoms with Gasteiger partial charge in [0.05, 0.1) is 7.11 Å². The molecule has 2 aromatic carbocycles. The van der Waals surface area contributed by atoms with Crippen molar-refractivity contribution < 1.29 is 4.74 Å². The van der Waals surface area contributed by atoms with Gasteiger partial charge in [0.1, 0.15) is 5.75 Å². The molecule has 2 heteroatoms. The molecule has 0 bridgehead atoms. The average Bonchev–Trinajstić information content (AvgIpc) is 3.35. The van der Waals surface area contributed by atoms with E-state index in [1.807, 2.05) is 6.07 Å². The Balaban J connectivity index is 1.44. The van der Waals surface area contributed by atoms with Crippen LogP contribution in [0.1, 0.15) is 36.3 Å². The van der Waals surface area contributed by atoms with Crippen LogP contribution in [-0.2, 0) is 0 Å². The van der Waals surface area contributed by atoms with E-state index in [9.17, 15) is 0 Å². The predicted octanol–water partition coefficient (Wildman–Crippen LogP) is 4.19. The minimum absolute atomic E-state index is 0.504. The summed E-state index contributed by atoms with van der Waals surface area (Å²) in [6, 6.07) is 19.3. The van der Waals surface area contributed by atoms with Crippen molar-refractivity contribution in [1.29, 1.82) is 0 Å². The van der Waals surface area contributed by atoms with Gasteiger partial charge in [0.2, 0.25) is 0 Å². The molecule has 0 aromatic heterocycles. The monoisotopic (exact) mass is 295 g/mol. The summed E-state index contributed by atoms with van der Waals surface area (Å²) >= 11 is 0. The first kappa shape index (κ1) is 15.1. The lowest BCUT2D eigenvalue weighted by Gasteiger charge is -2.14. The molecule has 1 saturated carbocycles. The van der Waals surface area contributed by atoms with Crippen molar-refractivity contribution in [3.05, 3.63) is 65.7 Å². The minimum atomic E-state index is 0.504. The van der Waals surface area contributed by atoms with Crippen LogP contribution in [0.25, 0.3) is 0 Å². The fourth-order valence-corrected chi connectivity index (χ4v) is 3.13. The van der Waals surface area contributed by atoms with Crippen molar-refractivity contribution in [2.24, 2.45) is 5.92 Å². The van der Waals surface area contributed by atoms with Gasteiger partial charge in [0.25, 0.3) is 0 Å². The first-order valence-electron chi connectivity index (χ1n) is 8.17. The standard InChI is InChI=1S/C20H25NO/c1-15(17-9-6-10-19(11-17)22-2)13-21-14-18-12-20(18)16-7-4-3-5-8-16/h3-11,15,18,20-21H,12-14H2,1-2H3/t15?,18-,20-/m0/s1. The number of rotatable bonds is 7. The molecule has 0 amide bonds. The molecule has 0 radical (unpaired) electrons. The fourth-order valence-electron chi connectivity index (χ4n) is 3.13. The summed E-state index contributed by atoms with van der Waals surface area (Å²) in [5.41, 5.74) is 2.83. The van der Waals surface area contributed by atoms with E-state index in [4.69, 9.17) is 4.74 Å². The van der Waals surface area contributed by atoms with Gasteiger partial charge in [-0.2, -0.15) is 0 Å². The molecule has 1 aliphatic rings. The zero-order chi connectivity index (χ0) is 15.4. The molecule has 1 N–H and O–H groups in total. The van der Waals surface area contributed by atoms with Crippen molar-refractivity contribution in [1.82, 2.24) is 5.32 Å². The van der Waals surface area contributed by atoms with E-state index in [1.54, 1.807) is 7.11 Å². The average molecular weight is 295 g/mol. The van der Waals surface area contributed by atoms with Gasteiger partial charge in [0, 0.05) is 6.54 Å². The third-order valence-electron chi connectivity index (χ3n) is 4.67. The van der Waals surface area contributed by atoms with E-state index in [2.05, 4.69) is 60.8 Å². The predicted molar refractivity (Wildman–Crippen MR) is 91.6 cm³/mol. The number of hydrogen-bond donors (Lipinski definition) is 1. The van der Waals surface area contributed by atoms with Gasteiger partial charge in [-0.15, -0.1) is 0 Å². The van der Waals surface area contributed by atoms with Crippen LogP contribution in [0.3, 0.4) is 0 Å². The van der Waals surface area contributed by atoms with E-state index in [0.29, 0.717) is 5.92 Å². The number of nitrogens with one attached hydrogen (secondary N) is 1. The molecule has 0 heterocycles. The van der Waals surface area contributed by atoms with Crippen LogP contribution in [-0.4, -0.2) is 20.2 Å². The first-order valence-corrected chi connectivity index (χ1v) is 8.17. The molecular formula is C20H25NO. The molecule has 0 spiro atoms. The second kappa shape index (κ2) is 6.97. The smallest absolute Gasteiger partial charge is 0.119 e. The van der Waals surface area contributed by atoms with Crippen molar-refractivity contribution in [3.8, 4) is 5.75 Å². The highest BCUT2D eigenvalue weighted by Crippen LogP contribution is 2.46. The molecule has 3 atom stereocenters. The van der Waals surface area contributed by atoms with Crippen molar-refractivity contribution in [2.45, 2.75) is 25.2 Å². The van der Waals surface area contributed by atoms with E-state index >= 15 is 0 Å².